The zero-order valence-electron chi connectivity index (χ0n) is 10.4. The SMILES string of the molecule is CC(C)C(CC(=O)O)NC(=O)CSc1cccs1. The van der Waals surface area contributed by atoms with E-state index in [1.807, 2.05) is 31.4 Å². The Hall–Kier alpha value is -1.01. The van der Waals surface area contributed by atoms with Gasteiger partial charge >= 0.3 is 5.97 Å². The van der Waals surface area contributed by atoms with Gasteiger partial charge in [-0.15, -0.1) is 23.1 Å². The molecule has 1 amide bonds. The maximum absolute atomic E-state index is 11.7. The Bertz CT molecular complexity index is 390. The van der Waals surface area contributed by atoms with E-state index in [0.717, 1.165) is 4.21 Å². The van der Waals surface area contributed by atoms with Crippen molar-refractivity contribution in [3.05, 3.63) is 17.5 Å². The van der Waals surface area contributed by atoms with Crippen molar-refractivity contribution < 1.29 is 14.7 Å². The molecule has 0 saturated heterocycles. The van der Waals surface area contributed by atoms with E-state index in [0.29, 0.717) is 5.75 Å². The van der Waals surface area contributed by atoms with Gasteiger partial charge in [0.05, 0.1) is 16.4 Å². The van der Waals surface area contributed by atoms with Crippen molar-refractivity contribution in [1.82, 2.24) is 5.32 Å². The lowest BCUT2D eigenvalue weighted by Gasteiger charge is -2.20. The molecular formula is C12H17NO3S2. The summed E-state index contributed by atoms with van der Waals surface area (Å²) >= 11 is 3.06. The van der Waals surface area contributed by atoms with Crippen molar-refractivity contribution in [2.24, 2.45) is 5.92 Å². The van der Waals surface area contributed by atoms with Gasteiger partial charge in [-0.3, -0.25) is 9.59 Å². The topological polar surface area (TPSA) is 66.4 Å². The molecule has 0 saturated carbocycles. The molecule has 18 heavy (non-hydrogen) atoms. The van der Waals surface area contributed by atoms with Crippen LogP contribution in [0.1, 0.15) is 20.3 Å². The van der Waals surface area contributed by atoms with E-state index in [1.54, 1.807) is 11.3 Å². The van der Waals surface area contributed by atoms with E-state index in [9.17, 15) is 9.59 Å². The Morgan fingerprint density at radius 3 is 2.72 bits per heavy atom. The number of carboxylic acids is 1. The zero-order chi connectivity index (χ0) is 13.5. The van der Waals surface area contributed by atoms with Crippen LogP contribution in [0.3, 0.4) is 0 Å². The molecule has 100 valence electrons. The van der Waals surface area contributed by atoms with Gasteiger partial charge in [0, 0.05) is 6.04 Å². The minimum atomic E-state index is -0.889. The Morgan fingerprint density at radius 2 is 2.22 bits per heavy atom. The molecule has 2 N–H and O–H groups in total. The molecule has 0 radical (unpaired) electrons. The number of carboxylic acid groups (broad SMARTS) is 1. The molecule has 0 spiro atoms. The van der Waals surface area contributed by atoms with Gasteiger partial charge < -0.3 is 10.4 Å². The zero-order valence-corrected chi connectivity index (χ0v) is 12.0. The number of thioether (sulfide) groups is 1. The number of carbonyl (C=O) groups excluding carboxylic acids is 1. The second-order valence-corrected chi connectivity index (χ2v) is 6.46. The van der Waals surface area contributed by atoms with Crippen molar-refractivity contribution >= 4 is 35.0 Å². The third-order valence-corrected chi connectivity index (χ3v) is 4.52. The van der Waals surface area contributed by atoms with Gasteiger partial charge in [0.1, 0.15) is 0 Å². The number of hydrogen-bond donors (Lipinski definition) is 2. The Balaban J connectivity index is 2.38. The Morgan fingerprint density at radius 1 is 1.50 bits per heavy atom. The van der Waals surface area contributed by atoms with Crippen LogP contribution in [0, 0.1) is 5.92 Å². The highest BCUT2D eigenvalue weighted by molar-refractivity contribution is 8.01. The van der Waals surface area contributed by atoms with Crippen molar-refractivity contribution in [3.63, 3.8) is 0 Å². The monoisotopic (exact) mass is 287 g/mol. The summed E-state index contributed by atoms with van der Waals surface area (Å²) in [7, 11) is 0. The molecule has 1 heterocycles. The second-order valence-electron chi connectivity index (χ2n) is 4.24. The molecule has 0 aromatic carbocycles. The molecule has 1 unspecified atom stereocenters. The van der Waals surface area contributed by atoms with Gasteiger partial charge in [-0.05, 0) is 17.4 Å². The molecule has 1 aromatic heterocycles. The molecular weight excluding hydrogens is 270 g/mol. The van der Waals surface area contributed by atoms with E-state index >= 15 is 0 Å². The lowest BCUT2D eigenvalue weighted by atomic mass is 10.0. The number of amides is 1. The van der Waals surface area contributed by atoms with Crippen LogP contribution >= 0.6 is 23.1 Å². The Kier molecular flexibility index (Phi) is 6.21. The average molecular weight is 287 g/mol. The van der Waals surface area contributed by atoms with Gasteiger partial charge in [0.2, 0.25) is 5.91 Å². The maximum atomic E-state index is 11.7. The van der Waals surface area contributed by atoms with Crippen LogP contribution in [0.5, 0.6) is 0 Å². The lowest BCUT2D eigenvalue weighted by molar-refractivity contribution is -0.138. The molecule has 1 rings (SSSR count). The molecule has 0 aliphatic carbocycles. The summed E-state index contributed by atoms with van der Waals surface area (Å²) in [5.41, 5.74) is 0. The fourth-order valence-electron chi connectivity index (χ4n) is 1.37. The van der Waals surface area contributed by atoms with Crippen LogP contribution in [0.4, 0.5) is 0 Å². The molecule has 0 aliphatic rings. The summed E-state index contributed by atoms with van der Waals surface area (Å²) in [5.74, 6) is -0.575. The van der Waals surface area contributed by atoms with Crippen LogP contribution in [-0.4, -0.2) is 28.8 Å². The summed E-state index contributed by atoms with van der Waals surface area (Å²) in [6.07, 6.45) is -0.0346. The molecule has 6 heteroatoms. The number of aliphatic carboxylic acids is 1. The van der Waals surface area contributed by atoms with Crippen LogP contribution in [0.15, 0.2) is 21.7 Å². The highest BCUT2D eigenvalue weighted by Gasteiger charge is 2.19. The van der Waals surface area contributed by atoms with E-state index in [2.05, 4.69) is 5.32 Å². The molecule has 4 nitrogen and oxygen atoms in total. The van der Waals surface area contributed by atoms with E-state index in [1.165, 1.54) is 11.8 Å². The number of rotatable bonds is 7. The van der Waals surface area contributed by atoms with Crippen LogP contribution in [-0.2, 0) is 9.59 Å². The summed E-state index contributed by atoms with van der Waals surface area (Å²) in [6, 6.07) is 3.59. The minimum absolute atomic E-state index is 0.0346. The van der Waals surface area contributed by atoms with Gasteiger partial charge in [-0.2, -0.15) is 0 Å². The second kappa shape index (κ2) is 7.43. The van der Waals surface area contributed by atoms with Crippen molar-refractivity contribution in [1.29, 1.82) is 0 Å². The van der Waals surface area contributed by atoms with Crippen molar-refractivity contribution in [3.8, 4) is 0 Å². The number of hydrogen-bond acceptors (Lipinski definition) is 4. The molecule has 0 bridgehead atoms. The quantitative estimate of drug-likeness (QED) is 0.756. The largest absolute Gasteiger partial charge is 0.481 e. The third-order valence-electron chi connectivity index (χ3n) is 2.39. The average Bonchev–Trinajstić information content (AvgIpc) is 2.77. The molecule has 0 aliphatic heterocycles. The minimum Gasteiger partial charge on any atom is -0.481 e. The predicted octanol–water partition coefficient (Wildman–Crippen LogP) is 2.46. The van der Waals surface area contributed by atoms with E-state index < -0.39 is 5.97 Å². The van der Waals surface area contributed by atoms with Crippen LogP contribution < -0.4 is 5.32 Å². The number of nitrogens with one attached hydrogen (secondary N) is 1. The van der Waals surface area contributed by atoms with E-state index in [4.69, 9.17) is 5.11 Å². The first-order chi connectivity index (χ1) is 8.49. The maximum Gasteiger partial charge on any atom is 0.305 e. The number of carbonyl (C=O) groups is 2. The van der Waals surface area contributed by atoms with Crippen LogP contribution in [0.2, 0.25) is 0 Å². The fraction of sp³-hybridized carbons (Fsp3) is 0.500. The van der Waals surface area contributed by atoms with Gasteiger partial charge in [-0.25, -0.2) is 0 Å². The standard InChI is InChI=1S/C12H17NO3S2/c1-8(2)9(6-11(15)16)13-10(14)7-18-12-4-3-5-17-12/h3-5,8-9H,6-7H2,1-2H3,(H,13,14)(H,15,16). The molecule has 0 fully saturated rings. The summed E-state index contributed by atoms with van der Waals surface area (Å²) in [4.78, 5) is 22.4. The van der Waals surface area contributed by atoms with Crippen molar-refractivity contribution in [2.45, 2.75) is 30.5 Å². The normalized spacial score (nSPS) is 12.4. The number of thiophene rings is 1. The van der Waals surface area contributed by atoms with Gasteiger partial charge in [-0.1, -0.05) is 19.9 Å². The van der Waals surface area contributed by atoms with Gasteiger partial charge in [0.15, 0.2) is 0 Å². The third kappa shape index (κ3) is 5.55. The summed E-state index contributed by atoms with van der Waals surface area (Å²) in [5, 5.41) is 13.5. The van der Waals surface area contributed by atoms with Crippen LogP contribution in [0.25, 0.3) is 0 Å². The van der Waals surface area contributed by atoms with Crippen molar-refractivity contribution in [2.75, 3.05) is 5.75 Å². The summed E-state index contributed by atoms with van der Waals surface area (Å²) in [6.45, 7) is 3.81. The van der Waals surface area contributed by atoms with E-state index in [-0.39, 0.29) is 24.3 Å². The predicted molar refractivity (Wildman–Crippen MR) is 74.1 cm³/mol. The first kappa shape index (κ1) is 15.0. The highest BCUT2D eigenvalue weighted by Crippen LogP contribution is 2.23. The molecule has 1 atom stereocenters. The fourth-order valence-corrected chi connectivity index (χ4v) is 2.97. The smallest absolute Gasteiger partial charge is 0.305 e. The Labute approximate surface area is 115 Å². The van der Waals surface area contributed by atoms with Gasteiger partial charge in [0.25, 0.3) is 0 Å². The lowest BCUT2D eigenvalue weighted by Crippen LogP contribution is -2.40. The highest BCUT2D eigenvalue weighted by atomic mass is 32.2. The molecule has 1 aromatic rings. The first-order valence-corrected chi connectivity index (χ1v) is 7.53. The first-order valence-electron chi connectivity index (χ1n) is 5.66. The summed E-state index contributed by atoms with van der Waals surface area (Å²) < 4.78 is 1.09.